The van der Waals surface area contributed by atoms with Gasteiger partial charge in [-0.15, -0.1) is 0 Å². The van der Waals surface area contributed by atoms with Crippen LogP contribution in [0.25, 0.3) is 0 Å². The largest absolute Gasteiger partial charge is 0.378 e. The van der Waals surface area contributed by atoms with Gasteiger partial charge in [0.05, 0.1) is 6.10 Å². The average molecular weight is 294 g/mol. The lowest BCUT2D eigenvalue weighted by atomic mass is 10.0. The lowest BCUT2D eigenvalue weighted by Gasteiger charge is -2.35. The van der Waals surface area contributed by atoms with E-state index in [1.807, 2.05) is 32.9 Å². The standard InChI is InChI=1S/C17H27FN2O/c1-4-19-13(3)17-15(18)7-6-8-16(17)20-11-9-14(10-12-20)21-5-2/h6-8,13-14,19H,4-5,9-12H2,1-3H3. The Morgan fingerprint density at radius 2 is 2.05 bits per heavy atom. The minimum absolute atomic E-state index is 0.0239. The average Bonchev–Trinajstić information content (AvgIpc) is 2.48. The van der Waals surface area contributed by atoms with Crippen molar-refractivity contribution >= 4 is 5.69 Å². The third-order valence-corrected chi connectivity index (χ3v) is 4.16. The van der Waals surface area contributed by atoms with Crippen LogP contribution in [0.3, 0.4) is 0 Å². The van der Waals surface area contributed by atoms with E-state index >= 15 is 0 Å². The summed E-state index contributed by atoms with van der Waals surface area (Å²) in [6, 6.07) is 5.42. The van der Waals surface area contributed by atoms with Crippen LogP contribution in [0, 0.1) is 5.82 Å². The van der Waals surface area contributed by atoms with Gasteiger partial charge in [0.1, 0.15) is 5.82 Å². The molecule has 1 aliphatic heterocycles. The Morgan fingerprint density at radius 3 is 2.67 bits per heavy atom. The summed E-state index contributed by atoms with van der Waals surface area (Å²) >= 11 is 0. The van der Waals surface area contributed by atoms with Gasteiger partial charge < -0.3 is 15.0 Å². The number of hydrogen-bond acceptors (Lipinski definition) is 3. The first-order valence-electron chi connectivity index (χ1n) is 8.05. The van der Waals surface area contributed by atoms with Crippen LogP contribution in [0.1, 0.15) is 45.2 Å². The summed E-state index contributed by atoms with van der Waals surface area (Å²) in [6.07, 6.45) is 2.38. The first-order valence-corrected chi connectivity index (χ1v) is 8.05. The molecule has 2 rings (SSSR count). The molecule has 0 saturated carbocycles. The van der Waals surface area contributed by atoms with Crippen LogP contribution < -0.4 is 10.2 Å². The molecule has 0 aliphatic carbocycles. The van der Waals surface area contributed by atoms with Crippen LogP contribution in [0.15, 0.2) is 18.2 Å². The fourth-order valence-corrected chi connectivity index (χ4v) is 3.14. The minimum Gasteiger partial charge on any atom is -0.378 e. The second-order valence-corrected chi connectivity index (χ2v) is 5.59. The molecule has 3 nitrogen and oxygen atoms in total. The summed E-state index contributed by atoms with van der Waals surface area (Å²) in [6.45, 7) is 9.58. The van der Waals surface area contributed by atoms with Gasteiger partial charge in [-0.25, -0.2) is 4.39 Å². The van der Waals surface area contributed by atoms with Crippen molar-refractivity contribution in [3.8, 4) is 0 Å². The maximum atomic E-state index is 14.3. The summed E-state index contributed by atoms with van der Waals surface area (Å²) in [5.41, 5.74) is 1.81. The van der Waals surface area contributed by atoms with Gasteiger partial charge >= 0.3 is 0 Å². The molecular formula is C17H27FN2O. The molecule has 0 amide bonds. The Labute approximate surface area is 127 Å². The van der Waals surface area contributed by atoms with E-state index in [1.54, 1.807) is 6.07 Å². The molecule has 1 saturated heterocycles. The predicted molar refractivity (Wildman–Crippen MR) is 85.4 cm³/mol. The number of benzene rings is 1. The number of ether oxygens (including phenoxy) is 1. The highest BCUT2D eigenvalue weighted by atomic mass is 19.1. The van der Waals surface area contributed by atoms with Crippen LogP contribution in [0.5, 0.6) is 0 Å². The van der Waals surface area contributed by atoms with Gasteiger partial charge in [-0.05, 0) is 45.4 Å². The zero-order valence-corrected chi connectivity index (χ0v) is 13.4. The fraction of sp³-hybridized carbons (Fsp3) is 0.647. The molecule has 1 aromatic carbocycles. The zero-order valence-electron chi connectivity index (χ0n) is 13.4. The highest BCUT2D eigenvalue weighted by Crippen LogP contribution is 2.31. The first-order chi connectivity index (χ1) is 10.2. The molecule has 118 valence electrons. The van der Waals surface area contributed by atoms with Crippen molar-refractivity contribution in [1.82, 2.24) is 5.32 Å². The minimum atomic E-state index is -0.118. The maximum absolute atomic E-state index is 14.3. The SMILES string of the molecule is CCNC(C)c1c(F)cccc1N1CCC(OCC)CC1. The molecule has 1 fully saturated rings. The van der Waals surface area contributed by atoms with E-state index in [0.29, 0.717) is 6.10 Å². The lowest BCUT2D eigenvalue weighted by molar-refractivity contribution is 0.0459. The Morgan fingerprint density at radius 1 is 1.33 bits per heavy atom. The summed E-state index contributed by atoms with van der Waals surface area (Å²) in [7, 11) is 0. The van der Waals surface area contributed by atoms with E-state index in [0.717, 1.165) is 50.3 Å². The van der Waals surface area contributed by atoms with E-state index in [2.05, 4.69) is 10.2 Å². The number of piperidine rings is 1. The summed E-state index contributed by atoms with van der Waals surface area (Å²) < 4.78 is 20.0. The van der Waals surface area contributed by atoms with Crippen LogP contribution in [-0.2, 0) is 4.74 Å². The van der Waals surface area contributed by atoms with E-state index in [1.165, 1.54) is 0 Å². The highest BCUT2D eigenvalue weighted by Gasteiger charge is 2.24. The first kappa shape index (κ1) is 16.2. The second kappa shape index (κ2) is 7.76. The summed E-state index contributed by atoms with van der Waals surface area (Å²) in [5, 5.41) is 3.32. The van der Waals surface area contributed by atoms with Gasteiger partial charge in [0.15, 0.2) is 0 Å². The highest BCUT2D eigenvalue weighted by molar-refractivity contribution is 5.56. The lowest BCUT2D eigenvalue weighted by Crippen LogP contribution is -2.38. The molecular weight excluding hydrogens is 267 g/mol. The fourth-order valence-electron chi connectivity index (χ4n) is 3.14. The predicted octanol–water partition coefficient (Wildman–Crippen LogP) is 3.50. The molecule has 1 N–H and O–H groups in total. The van der Waals surface area contributed by atoms with E-state index in [4.69, 9.17) is 4.74 Å². The zero-order chi connectivity index (χ0) is 15.2. The Bertz CT molecular complexity index is 444. The molecule has 1 aliphatic rings. The van der Waals surface area contributed by atoms with Gasteiger partial charge in [-0.2, -0.15) is 0 Å². The van der Waals surface area contributed by atoms with Crippen LogP contribution >= 0.6 is 0 Å². The number of nitrogens with zero attached hydrogens (tertiary/aromatic N) is 1. The Balaban J connectivity index is 2.15. The Kier molecular flexibility index (Phi) is 6.00. The van der Waals surface area contributed by atoms with Crippen molar-refractivity contribution in [2.45, 2.75) is 45.8 Å². The molecule has 0 radical (unpaired) electrons. The molecule has 4 heteroatoms. The molecule has 21 heavy (non-hydrogen) atoms. The van der Waals surface area contributed by atoms with Crippen molar-refractivity contribution in [3.05, 3.63) is 29.6 Å². The normalized spacial score (nSPS) is 18.0. The van der Waals surface area contributed by atoms with Crippen LogP contribution in [-0.4, -0.2) is 32.3 Å². The smallest absolute Gasteiger partial charge is 0.130 e. The second-order valence-electron chi connectivity index (χ2n) is 5.59. The van der Waals surface area contributed by atoms with Gasteiger partial charge in [-0.1, -0.05) is 13.0 Å². The number of anilines is 1. The van der Waals surface area contributed by atoms with E-state index < -0.39 is 0 Å². The summed E-state index contributed by atoms with van der Waals surface area (Å²) in [4.78, 5) is 2.29. The summed E-state index contributed by atoms with van der Waals surface area (Å²) in [5.74, 6) is -0.118. The monoisotopic (exact) mass is 294 g/mol. The van der Waals surface area contributed by atoms with Crippen molar-refractivity contribution in [2.24, 2.45) is 0 Å². The number of halogens is 1. The number of rotatable bonds is 6. The number of nitrogens with one attached hydrogen (secondary N) is 1. The van der Waals surface area contributed by atoms with Crippen molar-refractivity contribution in [2.75, 3.05) is 31.1 Å². The van der Waals surface area contributed by atoms with E-state index in [9.17, 15) is 4.39 Å². The third-order valence-electron chi connectivity index (χ3n) is 4.16. The third kappa shape index (κ3) is 3.95. The molecule has 1 atom stereocenters. The van der Waals surface area contributed by atoms with Crippen LogP contribution in [0.4, 0.5) is 10.1 Å². The molecule has 0 spiro atoms. The molecule has 1 unspecified atom stereocenters. The quantitative estimate of drug-likeness (QED) is 0.869. The van der Waals surface area contributed by atoms with Gasteiger partial charge in [-0.3, -0.25) is 0 Å². The maximum Gasteiger partial charge on any atom is 0.130 e. The van der Waals surface area contributed by atoms with Crippen molar-refractivity contribution in [3.63, 3.8) is 0 Å². The Hall–Kier alpha value is -1.13. The van der Waals surface area contributed by atoms with Gasteiger partial charge in [0, 0.05) is 37.0 Å². The number of hydrogen-bond donors (Lipinski definition) is 1. The van der Waals surface area contributed by atoms with Gasteiger partial charge in [0.2, 0.25) is 0 Å². The van der Waals surface area contributed by atoms with Crippen LogP contribution in [0.2, 0.25) is 0 Å². The molecule has 1 heterocycles. The molecule has 0 aromatic heterocycles. The van der Waals surface area contributed by atoms with E-state index in [-0.39, 0.29) is 11.9 Å². The molecule has 1 aromatic rings. The topological polar surface area (TPSA) is 24.5 Å². The van der Waals surface area contributed by atoms with Gasteiger partial charge in [0.25, 0.3) is 0 Å². The molecule has 0 bridgehead atoms. The van der Waals surface area contributed by atoms with Crippen molar-refractivity contribution < 1.29 is 9.13 Å². The van der Waals surface area contributed by atoms with Crippen molar-refractivity contribution in [1.29, 1.82) is 0 Å².